The summed E-state index contributed by atoms with van der Waals surface area (Å²) in [4.78, 5) is 23.9. The van der Waals surface area contributed by atoms with Crippen molar-refractivity contribution in [3.05, 3.63) is 35.9 Å². The lowest BCUT2D eigenvalue weighted by molar-refractivity contribution is -0.142. The second kappa shape index (κ2) is 7.87. The van der Waals surface area contributed by atoms with Crippen LogP contribution in [0.25, 0.3) is 0 Å². The molecule has 1 unspecified atom stereocenters. The molecule has 6 heteroatoms. The Balaban J connectivity index is 2.70. The van der Waals surface area contributed by atoms with E-state index in [1.807, 2.05) is 6.07 Å². The van der Waals surface area contributed by atoms with E-state index in [9.17, 15) is 9.59 Å². The van der Waals surface area contributed by atoms with Gasteiger partial charge in [-0.2, -0.15) is 7.20 Å². The van der Waals surface area contributed by atoms with Crippen LogP contribution in [0, 0.1) is 0 Å². The third kappa shape index (κ3) is 6.13. The number of hydrogen-bond acceptors (Lipinski definition) is 3. The van der Waals surface area contributed by atoms with E-state index in [1.165, 1.54) is 7.11 Å². The molecule has 20 heavy (non-hydrogen) atoms. The van der Waals surface area contributed by atoms with Crippen LogP contribution in [0.5, 0.6) is 0 Å². The van der Waals surface area contributed by atoms with E-state index in [-0.39, 0.29) is 5.91 Å². The average Bonchev–Trinajstić information content (AvgIpc) is 2.42. The van der Waals surface area contributed by atoms with Gasteiger partial charge in [0.2, 0.25) is 0 Å². The van der Waals surface area contributed by atoms with Crippen LogP contribution in [0.3, 0.4) is 0 Å². The van der Waals surface area contributed by atoms with Crippen molar-refractivity contribution in [2.75, 3.05) is 25.4 Å². The zero-order valence-electron chi connectivity index (χ0n) is 11.9. The zero-order chi connectivity index (χ0) is 15.2. The number of esters is 1. The molecule has 0 fully saturated rings. The van der Waals surface area contributed by atoms with E-state index >= 15 is 0 Å². The number of hydrogen-bond donors (Lipinski definition) is 1. The first-order valence-electron chi connectivity index (χ1n) is 6.18. The van der Waals surface area contributed by atoms with Crippen molar-refractivity contribution in [2.24, 2.45) is 0 Å². The van der Waals surface area contributed by atoms with Crippen molar-refractivity contribution >= 4 is 40.3 Å². The summed E-state index contributed by atoms with van der Waals surface area (Å²) in [5.41, 5.74) is 0.544. The van der Waals surface area contributed by atoms with Crippen LogP contribution >= 0.6 is 28.4 Å². The maximum Gasteiger partial charge on any atom is 0.328 e. The Morgan fingerprint density at radius 3 is 2.40 bits per heavy atom. The smallest absolute Gasteiger partial charge is 0.328 e. The van der Waals surface area contributed by atoms with Crippen LogP contribution in [0.15, 0.2) is 30.3 Å². The summed E-state index contributed by atoms with van der Waals surface area (Å²) in [6.07, 6.45) is 4.93. The lowest BCUT2D eigenvalue weighted by atomic mass is 10.1. The summed E-state index contributed by atoms with van der Waals surface area (Å²) >= 11 is 2.41. The van der Waals surface area contributed by atoms with E-state index < -0.39 is 19.2 Å². The largest absolute Gasteiger partial charge is 0.467 e. The number of benzene rings is 1. The maximum atomic E-state index is 12.1. The fraction of sp³-hybridized carbons (Fsp3) is 0.429. The molecular weight excluding hydrogens is 389 g/mol. The molecule has 1 atom stereocenters. The molecule has 112 valence electrons. The first-order chi connectivity index (χ1) is 9.33. The van der Waals surface area contributed by atoms with Gasteiger partial charge in [0.25, 0.3) is 5.91 Å². The van der Waals surface area contributed by atoms with Crippen LogP contribution in [0.4, 0.5) is 0 Å². The Labute approximate surface area is 133 Å². The highest BCUT2D eigenvalue weighted by Gasteiger charge is 2.23. The van der Waals surface area contributed by atoms with E-state index in [0.717, 1.165) is 5.75 Å². The Morgan fingerprint density at radius 1 is 1.30 bits per heavy atom. The van der Waals surface area contributed by atoms with Crippen LogP contribution in [0.1, 0.15) is 16.8 Å². The normalized spacial score (nSPS) is 13.4. The van der Waals surface area contributed by atoms with Crippen molar-refractivity contribution in [3.8, 4) is 0 Å². The van der Waals surface area contributed by atoms with Gasteiger partial charge in [0.05, 0.1) is 7.11 Å². The summed E-state index contributed by atoms with van der Waals surface area (Å²) in [5.74, 6) is 0.249. The first kappa shape index (κ1) is 17.3. The molecule has 0 aromatic heterocycles. The molecule has 0 bridgehead atoms. The monoisotopic (exact) mass is 409 g/mol. The summed E-state index contributed by atoms with van der Waals surface area (Å²) in [5, 5.41) is 2.75. The van der Waals surface area contributed by atoms with Crippen LogP contribution < -0.4 is 5.32 Å². The highest BCUT2D eigenvalue weighted by atomic mass is 127. The van der Waals surface area contributed by atoms with Crippen molar-refractivity contribution < 1.29 is 14.3 Å². The third-order valence-corrected chi connectivity index (χ3v) is 5.25. The van der Waals surface area contributed by atoms with E-state index in [2.05, 4.69) is 39.0 Å². The van der Waals surface area contributed by atoms with Crippen molar-refractivity contribution in [1.82, 2.24) is 5.32 Å². The van der Waals surface area contributed by atoms with Gasteiger partial charge in [-0.25, -0.2) is 4.79 Å². The second-order valence-corrected chi connectivity index (χ2v) is 15.2. The molecule has 0 spiro atoms. The number of halogens is 1. The Kier molecular flexibility index (Phi) is 6.81. The molecule has 0 heterocycles. The fourth-order valence-electron chi connectivity index (χ4n) is 1.62. The number of methoxy groups -OCH3 is 1. The van der Waals surface area contributed by atoms with Gasteiger partial charge in [0.1, 0.15) is 6.04 Å². The molecule has 0 aliphatic rings. The van der Waals surface area contributed by atoms with Crippen molar-refractivity contribution in [1.29, 1.82) is 0 Å². The number of rotatable bonds is 6. The maximum absolute atomic E-state index is 12.1. The summed E-state index contributed by atoms with van der Waals surface area (Å²) in [6, 6.07) is 8.28. The van der Waals surface area contributed by atoms with Crippen LogP contribution in [-0.2, 0) is 9.53 Å². The van der Waals surface area contributed by atoms with Gasteiger partial charge in [0.15, 0.2) is 0 Å². The topological polar surface area (TPSA) is 55.4 Å². The predicted octanol–water partition coefficient (Wildman–Crippen LogP) is 2.76. The minimum Gasteiger partial charge on any atom is -0.467 e. The third-order valence-electron chi connectivity index (χ3n) is 2.72. The molecule has 0 aliphatic heterocycles. The highest BCUT2D eigenvalue weighted by molar-refractivity contribution is 14.2. The van der Waals surface area contributed by atoms with Gasteiger partial charge < -0.3 is 10.1 Å². The molecule has 1 aromatic carbocycles. The Hall–Kier alpha value is -0.760. The average molecular weight is 409 g/mol. The summed E-state index contributed by atoms with van der Waals surface area (Å²) in [6.45, 7) is 0. The molecule has 0 saturated carbocycles. The van der Waals surface area contributed by atoms with Gasteiger partial charge >= 0.3 is 5.97 Å². The highest BCUT2D eigenvalue weighted by Crippen LogP contribution is 2.49. The summed E-state index contributed by atoms with van der Waals surface area (Å²) < 4.78 is 4.77. The van der Waals surface area contributed by atoms with Crippen LogP contribution in [0.2, 0.25) is 0 Å². The molecule has 0 aliphatic carbocycles. The van der Waals surface area contributed by atoms with E-state index in [4.69, 9.17) is 4.74 Å². The Morgan fingerprint density at radius 2 is 1.90 bits per heavy atom. The van der Waals surface area contributed by atoms with Gasteiger partial charge in [-0.1, -0.05) is 18.2 Å². The van der Waals surface area contributed by atoms with E-state index in [0.29, 0.717) is 12.0 Å². The minimum absolute atomic E-state index is 0.248. The molecule has 0 saturated heterocycles. The van der Waals surface area contributed by atoms with Gasteiger partial charge in [-0.15, -0.1) is 0 Å². The fourth-order valence-corrected chi connectivity index (χ4v) is 3.18. The standard InChI is InChI=1S/C14H20INO3S/c1-19-14(18)12(9-10-20(2,3)15)16-13(17)11-7-5-4-6-8-11/h4-8,12H,9-10H2,1-3H3,(H,16,17). The molecule has 1 rings (SSSR count). The number of amides is 1. The van der Waals surface area contributed by atoms with Gasteiger partial charge in [-0.3, -0.25) is 4.79 Å². The number of ether oxygens (including phenoxy) is 1. The molecule has 1 aromatic rings. The van der Waals surface area contributed by atoms with Crippen LogP contribution in [-0.4, -0.2) is 43.3 Å². The number of nitrogens with one attached hydrogen (secondary N) is 1. The molecule has 4 nitrogen and oxygen atoms in total. The lowest BCUT2D eigenvalue weighted by Crippen LogP contribution is -2.42. The van der Waals surface area contributed by atoms with Crippen molar-refractivity contribution in [3.63, 3.8) is 0 Å². The predicted molar refractivity (Wildman–Crippen MR) is 92.7 cm³/mol. The zero-order valence-corrected chi connectivity index (χ0v) is 14.9. The first-order valence-corrected chi connectivity index (χ1v) is 11.3. The number of carbonyl (C=O) groups excluding carboxylic acids is 2. The van der Waals surface area contributed by atoms with Crippen molar-refractivity contribution in [2.45, 2.75) is 12.5 Å². The quantitative estimate of drug-likeness (QED) is 0.581. The minimum atomic E-state index is -0.750. The molecule has 1 N–H and O–H groups in total. The Bertz CT molecular complexity index is 459. The van der Waals surface area contributed by atoms with E-state index in [1.54, 1.807) is 24.3 Å². The SMILES string of the molecule is COC(=O)C(CCS(C)(C)I)NC(=O)c1ccccc1. The molecule has 1 amide bonds. The molecule has 0 radical (unpaired) electrons. The van der Waals surface area contributed by atoms with Gasteiger partial charge in [-0.05, 0) is 58.0 Å². The summed E-state index contributed by atoms with van der Waals surface area (Å²) in [7, 11) is 0.589. The lowest BCUT2D eigenvalue weighted by Gasteiger charge is -2.25. The number of carbonyl (C=O) groups is 2. The van der Waals surface area contributed by atoms with Gasteiger partial charge in [0, 0.05) is 5.56 Å². The molecular formula is C14H20INO3S. The second-order valence-electron chi connectivity index (χ2n) is 4.81.